The molecule has 3 rings (SSSR count). The summed E-state index contributed by atoms with van der Waals surface area (Å²) in [4.78, 5) is 31.0. The monoisotopic (exact) mass is 444 g/mol. The number of phenolic OH excluding ortho intramolecular Hbond substituents is 1. The van der Waals surface area contributed by atoms with Crippen LogP contribution in [0.1, 0.15) is 55.8 Å². The molecular weight excluding hydrogens is 406 g/mol. The number of carbonyl (C=O) groups excluding carboxylic acids is 2. The third kappa shape index (κ3) is 5.60. The second kappa shape index (κ2) is 11.1. The predicted molar refractivity (Wildman–Crippen MR) is 125 cm³/mol. The third-order valence-electron chi connectivity index (χ3n) is 7.03. The lowest BCUT2D eigenvalue weighted by Gasteiger charge is -2.55. The van der Waals surface area contributed by atoms with Crippen LogP contribution in [-0.2, 0) is 4.79 Å². The smallest absolute Gasteiger partial charge is 0.251 e. The van der Waals surface area contributed by atoms with Crippen LogP contribution in [0.15, 0.2) is 24.3 Å². The van der Waals surface area contributed by atoms with Gasteiger partial charge in [0.2, 0.25) is 5.91 Å². The predicted octanol–water partition coefficient (Wildman–Crippen LogP) is 1.97. The number of hydrogen-bond acceptors (Lipinski definition) is 6. The standard InChI is InChI=1S/C24H38N5O3/c1-17-20(29(4)21-22(28(17)3)26-16-27(2)24(21)32)10-8-6-5-7-9-15-25-23(31)18-11-13-19(30)14-12-18/h11-14,16-17,20-22,26,30H,5-10,15H2,1-4H3,(H,25,31). The molecule has 2 amide bonds. The Morgan fingerprint density at radius 1 is 1.03 bits per heavy atom. The summed E-state index contributed by atoms with van der Waals surface area (Å²) in [5.41, 5.74) is 0.566. The first kappa shape index (κ1) is 24.5. The molecule has 0 aromatic heterocycles. The van der Waals surface area contributed by atoms with Crippen molar-refractivity contribution in [2.24, 2.45) is 0 Å². The third-order valence-corrected chi connectivity index (χ3v) is 7.03. The molecule has 2 aliphatic heterocycles. The number of nitrogens with one attached hydrogen (secondary N) is 2. The Hall–Kier alpha value is -2.16. The number of rotatable bonds is 9. The van der Waals surface area contributed by atoms with Crippen LogP contribution in [0.4, 0.5) is 0 Å². The number of aromatic hydroxyl groups is 1. The molecule has 1 radical (unpaired) electrons. The van der Waals surface area contributed by atoms with Gasteiger partial charge in [0.15, 0.2) is 0 Å². The summed E-state index contributed by atoms with van der Waals surface area (Å²) in [6.45, 7) is 4.68. The van der Waals surface area contributed by atoms with Crippen LogP contribution < -0.4 is 10.6 Å². The van der Waals surface area contributed by atoms with E-state index < -0.39 is 0 Å². The van der Waals surface area contributed by atoms with Crippen molar-refractivity contribution in [3.05, 3.63) is 36.5 Å². The summed E-state index contributed by atoms with van der Waals surface area (Å²) in [6.07, 6.45) is 6.56. The average Bonchev–Trinajstić information content (AvgIpc) is 2.78. The van der Waals surface area contributed by atoms with Crippen molar-refractivity contribution in [2.75, 3.05) is 27.7 Å². The Bertz CT molecular complexity index is 771. The highest BCUT2D eigenvalue weighted by Crippen LogP contribution is 2.29. The summed E-state index contributed by atoms with van der Waals surface area (Å²) < 4.78 is 0. The van der Waals surface area contributed by atoms with Crippen molar-refractivity contribution < 1.29 is 14.7 Å². The van der Waals surface area contributed by atoms with Gasteiger partial charge in [0.1, 0.15) is 18.5 Å². The average molecular weight is 445 g/mol. The number of hydrogen-bond donors (Lipinski definition) is 3. The molecule has 3 N–H and O–H groups in total. The van der Waals surface area contributed by atoms with E-state index in [1.54, 1.807) is 30.7 Å². The highest BCUT2D eigenvalue weighted by molar-refractivity contribution is 5.94. The second-order valence-corrected chi connectivity index (χ2v) is 9.13. The first-order valence-corrected chi connectivity index (χ1v) is 11.7. The van der Waals surface area contributed by atoms with E-state index in [0.717, 1.165) is 38.5 Å². The molecule has 0 spiro atoms. The lowest BCUT2D eigenvalue weighted by molar-refractivity contribution is -0.150. The van der Waals surface area contributed by atoms with Crippen molar-refractivity contribution >= 4 is 11.8 Å². The fourth-order valence-corrected chi connectivity index (χ4v) is 4.87. The molecule has 2 saturated heterocycles. The van der Waals surface area contributed by atoms with Crippen LogP contribution in [0.25, 0.3) is 0 Å². The van der Waals surface area contributed by atoms with Gasteiger partial charge in [-0.2, -0.15) is 0 Å². The van der Waals surface area contributed by atoms with Crippen LogP contribution in [-0.4, -0.2) is 83.6 Å². The van der Waals surface area contributed by atoms with Crippen LogP contribution in [0.5, 0.6) is 5.75 Å². The summed E-state index contributed by atoms with van der Waals surface area (Å²) in [5.74, 6) is 0.209. The number of phenols is 1. The van der Waals surface area contributed by atoms with Crippen LogP contribution in [0, 0.1) is 6.67 Å². The Kier molecular flexibility index (Phi) is 8.51. The van der Waals surface area contributed by atoms with Crippen LogP contribution >= 0.6 is 0 Å². The zero-order valence-corrected chi connectivity index (χ0v) is 19.8. The Balaban J connectivity index is 1.34. The van der Waals surface area contributed by atoms with E-state index in [2.05, 4.69) is 41.5 Å². The van der Waals surface area contributed by atoms with Gasteiger partial charge in [-0.1, -0.05) is 25.7 Å². The maximum atomic E-state index is 12.7. The molecule has 8 heteroatoms. The number of unbranched alkanes of at least 4 members (excludes halogenated alkanes) is 4. The number of amides is 2. The Morgan fingerprint density at radius 2 is 1.69 bits per heavy atom. The molecule has 2 heterocycles. The maximum Gasteiger partial charge on any atom is 0.251 e. The largest absolute Gasteiger partial charge is 0.508 e. The summed E-state index contributed by atoms with van der Waals surface area (Å²) in [7, 11) is 6.00. The van der Waals surface area contributed by atoms with Gasteiger partial charge in [-0.25, -0.2) is 0 Å². The first-order valence-electron chi connectivity index (χ1n) is 11.7. The highest BCUT2D eigenvalue weighted by Gasteiger charge is 2.48. The fourth-order valence-electron chi connectivity index (χ4n) is 4.87. The number of piperazine rings is 1. The van der Waals surface area contributed by atoms with Gasteiger partial charge in [0.25, 0.3) is 5.91 Å². The molecule has 8 nitrogen and oxygen atoms in total. The van der Waals surface area contributed by atoms with Gasteiger partial charge >= 0.3 is 0 Å². The molecule has 4 unspecified atom stereocenters. The van der Waals surface area contributed by atoms with E-state index in [0.29, 0.717) is 24.2 Å². The number of carbonyl (C=O) groups is 2. The van der Waals surface area contributed by atoms with Crippen LogP contribution in [0.2, 0.25) is 0 Å². The van der Waals surface area contributed by atoms with E-state index in [1.807, 2.05) is 0 Å². The molecule has 2 fully saturated rings. The zero-order valence-electron chi connectivity index (χ0n) is 19.8. The molecular formula is C24H38N5O3. The maximum absolute atomic E-state index is 12.7. The summed E-state index contributed by atoms with van der Waals surface area (Å²) >= 11 is 0. The zero-order chi connectivity index (χ0) is 23.3. The molecule has 32 heavy (non-hydrogen) atoms. The molecule has 0 bridgehead atoms. The van der Waals surface area contributed by atoms with Crippen molar-refractivity contribution in [3.8, 4) is 5.75 Å². The number of benzene rings is 1. The van der Waals surface area contributed by atoms with E-state index in [9.17, 15) is 14.7 Å². The molecule has 1 aromatic rings. The van der Waals surface area contributed by atoms with Gasteiger partial charge in [0.05, 0.1) is 6.17 Å². The first-order chi connectivity index (χ1) is 15.3. The van der Waals surface area contributed by atoms with E-state index in [-0.39, 0.29) is 29.8 Å². The number of nitrogens with zero attached hydrogens (tertiary/aromatic N) is 3. The van der Waals surface area contributed by atoms with Crippen molar-refractivity contribution in [1.29, 1.82) is 0 Å². The minimum Gasteiger partial charge on any atom is -0.508 e. The normalized spacial score (nSPS) is 26.8. The lowest BCUT2D eigenvalue weighted by atomic mass is 9.91. The topological polar surface area (TPSA) is 88.1 Å². The van der Waals surface area contributed by atoms with Gasteiger partial charge < -0.3 is 15.3 Å². The van der Waals surface area contributed by atoms with Crippen molar-refractivity contribution in [2.45, 2.75) is 69.7 Å². The van der Waals surface area contributed by atoms with Gasteiger partial charge in [-0.05, 0) is 58.1 Å². The number of fused-ring (bicyclic) bond motifs is 1. The Morgan fingerprint density at radius 3 is 2.41 bits per heavy atom. The van der Waals surface area contributed by atoms with Gasteiger partial charge in [0, 0.05) is 31.2 Å². The fraction of sp³-hybridized carbons (Fsp3) is 0.625. The minimum absolute atomic E-state index is 0.0201. The SMILES string of the molecule is CC1C(CCCCCCCNC(=O)c2ccc(O)cc2)N(C)C2C(=O)N(C)[CH]NC2N1C. The van der Waals surface area contributed by atoms with E-state index in [4.69, 9.17) is 0 Å². The molecule has 2 aliphatic rings. The quantitative estimate of drug-likeness (QED) is 0.505. The van der Waals surface area contributed by atoms with Gasteiger partial charge in [-0.3, -0.25) is 24.7 Å². The molecule has 1 aromatic carbocycles. The summed E-state index contributed by atoms with van der Waals surface area (Å²) in [5, 5.41) is 15.6. The van der Waals surface area contributed by atoms with Crippen molar-refractivity contribution in [1.82, 2.24) is 25.3 Å². The second-order valence-electron chi connectivity index (χ2n) is 9.13. The molecule has 0 saturated carbocycles. The number of likely N-dealkylation sites (N-methyl/N-ethyl adjacent to an activating group) is 3. The van der Waals surface area contributed by atoms with Crippen molar-refractivity contribution in [3.63, 3.8) is 0 Å². The summed E-state index contributed by atoms with van der Waals surface area (Å²) in [6, 6.07) is 6.86. The minimum atomic E-state index is -0.159. The molecule has 177 valence electrons. The van der Waals surface area contributed by atoms with Gasteiger partial charge in [-0.15, -0.1) is 0 Å². The molecule has 4 atom stereocenters. The van der Waals surface area contributed by atoms with Crippen LogP contribution in [0.3, 0.4) is 0 Å². The highest BCUT2D eigenvalue weighted by atomic mass is 16.3. The molecule has 0 aliphatic carbocycles. The van der Waals surface area contributed by atoms with E-state index in [1.165, 1.54) is 12.1 Å². The van der Waals surface area contributed by atoms with E-state index >= 15 is 0 Å². The Labute approximate surface area is 191 Å². The lowest BCUT2D eigenvalue weighted by Crippen LogP contribution is -2.75.